The topological polar surface area (TPSA) is 55.6 Å². The molecule has 20 heavy (non-hydrogen) atoms. The monoisotopic (exact) mass is 280 g/mol. The van der Waals surface area contributed by atoms with E-state index in [1.165, 1.54) is 19.3 Å². The van der Waals surface area contributed by atoms with Gasteiger partial charge in [-0.2, -0.15) is 0 Å². The summed E-state index contributed by atoms with van der Waals surface area (Å²) < 4.78 is 5.78. The highest BCUT2D eigenvalue weighted by Gasteiger charge is 2.38. The van der Waals surface area contributed by atoms with E-state index in [4.69, 9.17) is 10.5 Å². The van der Waals surface area contributed by atoms with E-state index in [1.807, 2.05) is 0 Å². The Morgan fingerprint density at radius 2 is 2.05 bits per heavy atom. The predicted molar refractivity (Wildman–Crippen MR) is 78.3 cm³/mol. The summed E-state index contributed by atoms with van der Waals surface area (Å²) in [5.74, 6) is 1.02. The molecular weight excluding hydrogens is 252 g/mol. The van der Waals surface area contributed by atoms with Gasteiger partial charge in [-0.3, -0.25) is 4.79 Å². The van der Waals surface area contributed by atoms with Crippen LogP contribution in [0.2, 0.25) is 0 Å². The Bertz CT molecular complexity index is 347. The number of carbonyl (C=O) groups is 1. The van der Waals surface area contributed by atoms with Gasteiger partial charge in [-0.1, -0.05) is 12.8 Å². The molecule has 4 nitrogen and oxygen atoms in total. The maximum atomic E-state index is 12.5. The molecule has 4 unspecified atom stereocenters. The van der Waals surface area contributed by atoms with E-state index in [2.05, 4.69) is 4.90 Å². The number of hydrogen-bond donors (Lipinski definition) is 1. The summed E-state index contributed by atoms with van der Waals surface area (Å²) in [6, 6.07) is 0.733. The first-order valence-corrected chi connectivity index (χ1v) is 8.40. The fourth-order valence-electron chi connectivity index (χ4n) is 4.30. The fraction of sp³-hybridized carbons (Fsp3) is 0.938. The summed E-state index contributed by atoms with van der Waals surface area (Å²) in [6.45, 7) is 1.52. The highest BCUT2D eigenvalue weighted by Crippen LogP contribution is 2.31. The van der Waals surface area contributed by atoms with Crippen molar-refractivity contribution in [1.29, 1.82) is 0 Å². The molecule has 3 rings (SSSR count). The van der Waals surface area contributed by atoms with Gasteiger partial charge in [-0.25, -0.2) is 0 Å². The minimum Gasteiger partial charge on any atom is -0.374 e. The third-order valence-electron chi connectivity index (χ3n) is 5.39. The van der Waals surface area contributed by atoms with Gasteiger partial charge in [0.2, 0.25) is 5.91 Å². The van der Waals surface area contributed by atoms with Crippen LogP contribution in [0, 0.1) is 5.92 Å². The second-order valence-corrected chi connectivity index (χ2v) is 6.83. The molecule has 0 aromatic carbocycles. The standard InChI is InChI=1S/C16H28N2O2/c17-13-4-1-3-12(11-13)7-8-16(19)18-9-10-20-15-6-2-5-14(15)18/h12-15H,1-11,17H2. The van der Waals surface area contributed by atoms with E-state index in [9.17, 15) is 4.79 Å². The van der Waals surface area contributed by atoms with Gasteiger partial charge < -0.3 is 15.4 Å². The molecule has 2 aliphatic carbocycles. The molecule has 2 N–H and O–H groups in total. The van der Waals surface area contributed by atoms with Crippen LogP contribution in [0.3, 0.4) is 0 Å². The molecule has 1 saturated heterocycles. The number of carbonyl (C=O) groups excluding carboxylic acids is 1. The molecular formula is C16H28N2O2. The van der Waals surface area contributed by atoms with Crippen LogP contribution in [-0.2, 0) is 9.53 Å². The first kappa shape index (κ1) is 14.3. The number of ether oxygens (including phenoxy) is 1. The van der Waals surface area contributed by atoms with Crippen molar-refractivity contribution < 1.29 is 9.53 Å². The summed E-state index contributed by atoms with van der Waals surface area (Å²) in [7, 11) is 0. The normalized spacial score (nSPS) is 37.8. The first-order valence-electron chi connectivity index (χ1n) is 8.40. The molecule has 2 saturated carbocycles. The van der Waals surface area contributed by atoms with Crippen LogP contribution < -0.4 is 5.73 Å². The van der Waals surface area contributed by atoms with Crippen molar-refractivity contribution in [2.24, 2.45) is 11.7 Å². The highest BCUT2D eigenvalue weighted by molar-refractivity contribution is 5.76. The van der Waals surface area contributed by atoms with Gasteiger partial charge in [0, 0.05) is 19.0 Å². The molecule has 1 amide bonds. The number of rotatable bonds is 3. The van der Waals surface area contributed by atoms with E-state index in [0.29, 0.717) is 36.4 Å². The number of nitrogens with zero attached hydrogens (tertiary/aromatic N) is 1. The predicted octanol–water partition coefficient (Wildman–Crippen LogP) is 2.06. The summed E-state index contributed by atoms with van der Waals surface area (Å²) >= 11 is 0. The molecule has 1 heterocycles. The van der Waals surface area contributed by atoms with Crippen molar-refractivity contribution in [3.8, 4) is 0 Å². The Morgan fingerprint density at radius 1 is 1.20 bits per heavy atom. The minimum atomic E-state index is 0.316. The molecule has 3 fully saturated rings. The molecule has 0 bridgehead atoms. The minimum absolute atomic E-state index is 0.316. The van der Waals surface area contributed by atoms with Crippen molar-refractivity contribution in [2.45, 2.75) is 76.0 Å². The maximum Gasteiger partial charge on any atom is 0.222 e. The highest BCUT2D eigenvalue weighted by atomic mass is 16.5. The lowest BCUT2D eigenvalue weighted by Crippen LogP contribution is -2.51. The molecule has 4 atom stereocenters. The summed E-state index contributed by atoms with van der Waals surface area (Å²) in [5.41, 5.74) is 6.03. The molecule has 0 aromatic heterocycles. The van der Waals surface area contributed by atoms with Crippen LogP contribution in [0.25, 0.3) is 0 Å². The average molecular weight is 280 g/mol. The molecule has 0 aromatic rings. The first-order chi connectivity index (χ1) is 9.74. The van der Waals surface area contributed by atoms with E-state index in [1.54, 1.807) is 0 Å². The van der Waals surface area contributed by atoms with Gasteiger partial charge in [0.15, 0.2) is 0 Å². The number of hydrogen-bond acceptors (Lipinski definition) is 3. The summed E-state index contributed by atoms with van der Waals surface area (Å²) in [5, 5.41) is 0. The van der Waals surface area contributed by atoms with Gasteiger partial charge in [-0.15, -0.1) is 0 Å². The zero-order valence-electron chi connectivity index (χ0n) is 12.4. The molecule has 0 radical (unpaired) electrons. The lowest BCUT2D eigenvalue weighted by atomic mass is 9.83. The van der Waals surface area contributed by atoms with Crippen LogP contribution in [0.15, 0.2) is 0 Å². The number of fused-ring (bicyclic) bond motifs is 1. The largest absolute Gasteiger partial charge is 0.374 e. The second kappa shape index (κ2) is 6.44. The lowest BCUT2D eigenvalue weighted by Gasteiger charge is -2.38. The second-order valence-electron chi connectivity index (χ2n) is 6.83. The quantitative estimate of drug-likeness (QED) is 0.861. The van der Waals surface area contributed by atoms with E-state index < -0.39 is 0 Å². The molecule has 3 aliphatic rings. The number of amides is 1. The van der Waals surface area contributed by atoms with Crippen LogP contribution in [0.4, 0.5) is 0 Å². The van der Waals surface area contributed by atoms with Crippen molar-refractivity contribution in [2.75, 3.05) is 13.2 Å². The zero-order valence-corrected chi connectivity index (χ0v) is 12.4. The van der Waals surface area contributed by atoms with Gasteiger partial charge in [-0.05, 0) is 44.4 Å². The average Bonchev–Trinajstić information content (AvgIpc) is 2.93. The summed E-state index contributed by atoms with van der Waals surface area (Å²) in [6.07, 6.45) is 10.3. The molecule has 1 aliphatic heterocycles. The SMILES string of the molecule is NC1CCCC(CCC(=O)N2CCOC3CCCC32)C1. The third-order valence-corrected chi connectivity index (χ3v) is 5.39. The Balaban J connectivity index is 1.48. The van der Waals surface area contributed by atoms with E-state index >= 15 is 0 Å². The van der Waals surface area contributed by atoms with Gasteiger partial charge >= 0.3 is 0 Å². The van der Waals surface area contributed by atoms with Crippen LogP contribution in [0.1, 0.15) is 57.8 Å². The summed E-state index contributed by atoms with van der Waals surface area (Å²) in [4.78, 5) is 14.6. The van der Waals surface area contributed by atoms with Crippen molar-refractivity contribution in [3.05, 3.63) is 0 Å². The molecule has 114 valence electrons. The Morgan fingerprint density at radius 3 is 2.90 bits per heavy atom. The van der Waals surface area contributed by atoms with E-state index in [-0.39, 0.29) is 0 Å². The fourth-order valence-corrected chi connectivity index (χ4v) is 4.30. The van der Waals surface area contributed by atoms with Gasteiger partial charge in [0.1, 0.15) is 0 Å². The van der Waals surface area contributed by atoms with E-state index in [0.717, 1.165) is 45.3 Å². The zero-order chi connectivity index (χ0) is 13.9. The number of morpholine rings is 1. The molecule has 0 spiro atoms. The van der Waals surface area contributed by atoms with Crippen LogP contribution in [0.5, 0.6) is 0 Å². The van der Waals surface area contributed by atoms with Crippen molar-refractivity contribution >= 4 is 5.91 Å². The number of nitrogens with two attached hydrogens (primary N) is 1. The maximum absolute atomic E-state index is 12.5. The lowest BCUT2D eigenvalue weighted by molar-refractivity contribution is -0.144. The van der Waals surface area contributed by atoms with Gasteiger partial charge in [0.25, 0.3) is 0 Å². The van der Waals surface area contributed by atoms with Crippen molar-refractivity contribution in [3.63, 3.8) is 0 Å². The van der Waals surface area contributed by atoms with Crippen LogP contribution in [-0.4, -0.2) is 42.1 Å². The van der Waals surface area contributed by atoms with Gasteiger partial charge in [0.05, 0.1) is 18.8 Å². The smallest absolute Gasteiger partial charge is 0.222 e. The van der Waals surface area contributed by atoms with Crippen LogP contribution >= 0.6 is 0 Å². The Hall–Kier alpha value is -0.610. The third kappa shape index (κ3) is 3.17. The Kier molecular flexibility index (Phi) is 4.61. The van der Waals surface area contributed by atoms with Crippen molar-refractivity contribution in [1.82, 2.24) is 4.90 Å². The molecule has 4 heteroatoms. The Labute approximate surface area is 122 Å².